The minimum atomic E-state index is -4.27. The van der Waals surface area contributed by atoms with E-state index in [1.807, 2.05) is 0 Å². The number of imidazole rings is 1. The summed E-state index contributed by atoms with van der Waals surface area (Å²) in [5.74, 6) is 0.0695. The number of hydrogen-bond acceptors (Lipinski definition) is 6. The number of aromatic nitrogens is 5. The first-order valence-electron chi connectivity index (χ1n) is 5.66. The van der Waals surface area contributed by atoms with Crippen LogP contribution in [0.3, 0.4) is 0 Å². The third-order valence-corrected chi connectivity index (χ3v) is 2.29. The van der Waals surface area contributed by atoms with Crippen LogP contribution in [-0.4, -0.2) is 36.7 Å². The van der Waals surface area contributed by atoms with E-state index in [0.29, 0.717) is 0 Å². The molecule has 1 atom stereocenters. The Labute approximate surface area is 112 Å². The van der Waals surface area contributed by atoms with Crippen LogP contribution in [0.15, 0.2) is 18.7 Å². The van der Waals surface area contributed by atoms with Crippen molar-refractivity contribution in [2.24, 2.45) is 0 Å². The molecule has 0 bridgehead atoms. The van der Waals surface area contributed by atoms with Crippen LogP contribution in [0.1, 0.15) is 13.3 Å². The van der Waals surface area contributed by atoms with Gasteiger partial charge >= 0.3 is 6.18 Å². The van der Waals surface area contributed by atoms with Crippen molar-refractivity contribution in [1.82, 2.24) is 24.5 Å². The van der Waals surface area contributed by atoms with Crippen LogP contribution in [0, 0.1) is 0 Å². The van der Waals surface area contributed by atoms with Crippen molar-refractivity contribution in [3.63, 3.8) is 0 Å². The Morgan fingerprint density at radius 3 is 2.70 bits per heavy atom. The number of rotatable bonds is 4. The van der Waals surface area contributed by atoms with Gasteiger partial charge < -0.3 is 11.1 Å². The van der Waals surface area contributed by atoms with Crippen LogP contribution in [0.4, 0.5) is 25.1 Å². The monoisotopic (exact) mass is 287 g/mol. The molecule has 2 rings (SSSR count). The quantitative estimate of drug-likeness (QED) is 0.882. The average molecular weight is 287 g/mol. The number of nitrogens with zero attached hydrogens (tertiary/aromatic N) is 5. The number of hydrogen-bond donors (Lipinski definition) is 2. The van der Waals surface area contributed by atoms with Crippen LogP contribution in [-0.2, 0) is 0 Å². The summed E-state index contributed by atoms with van der Waals surface area (Å²) in [4.78, 5) is 15.4. The summed E-state index contributed by atoms with van der Waals surface area (Å²) in [7, 11) is 0. The van der Waals surface area contributed by atoms with Crippen LogP contribution < -0.4 is 11.1 Å². The van der Waals surface area contributed by atoms with E-state index < -0.39 is 18.6 Å². The molecule has 0 spiro atoms. The number of alkyl halides is 3. The minimum Gasteiger partial charge on any atom is -0.368 e. The molecule has 0 aliphatic heterocycles. The van der Waals surface area contributed by atoms with Gasteiger partial charge in [-0.05, 0) is 6.92 Å². The molecule has 0 saturated heterocycles. The second-order valence-electron chi connectivity index (χ2n) is 4.15. The van der Waals surface area contributed by atoms with Gasteiger partial charge in [0.1, 0.15) is 6.33 Å². The van der Waals surface area contributed by atoms with Crippen molar-refractivity contribution in [2.45, 2.75) is 25.6 Å². The summed E-state index contributed by atoms with van der Waals surface area (Å²) >= 11 is 0. The maximum absolute atomic E-state index is 12.3. The van der Waals surface area contributed by atoms with Gasteiger partial charge in [0.05, 0.1) is 6.42 Å². The van der Waals surface area contributed by atoms with Crippen LogP contribution in [0.2, 0.25) is 0 Å². The normalized spacial score (nSPS) is 13.2. The van der Waals surface area contributed by atoms with Crippen LogP contribution in [0.5, 0.6) is 0 Å². The number of nitrogens with one attached hydrogen (secondary N) is 1. The van der Waals surface area contributed by atoms with Crippen molar-refractivity contribution < 1.29 is 13.2 Å². The summed E-state index contributed by atoms with van der Waals surface area (Å²) in [5, 5.41) is 2.55. The highest BCUT2D eigenvalue weighted by atomic mass is 19.4. The van der Waals surface area contributed by atoms with Crippen molar-refractivity contribution in [3.8, 4) is 5.95 Å². The zero-order chi connectivity index (χ0) is 14.8. The number of halogens is 3. The number of nitrogen functional groups attached to an aromatic ring is 1. The average Bonchev–Trinajstić information content (AvgIpc) is 2.78. The molecular formula is C10H12F3N7. The van der Waals surface area contributed by atoms with Gasteiger partial charge in [-0.2, -0.15) is 28.1 Å². The van der Waals surface area contributed by atoms with Crippen molar-refractivity contribution in [1.29, 1.82) is 0 Å². The lowest BCUT2D eigenvalue weighted by Crippen LogP contribution is -2.25. The fourth-order valence-electron chi connectivity index (χ4n) is 1.56. The highest BCUT2D eigenvalue weighted by molar-refractivity contribution is 5.35. The zero-order valence-electron chi connectivity index (χ0n) is 10.5. The summed E-state index contributed by atoms with van der Waals surface area (Å²) in [5.41, 5.74) is 5.51. The molecule has 2 aromatic rings. The molecule has 3 N–H and O–H groups in total. The fraction of sp³-hybridized carbons (Fsp3) is 0.400. The molecule has 0 aliphatic rings. The molecule has 0 radical (unpaired) electrons. The second-order valence-corrected chi connectivity index (χ2v) is 4.15. The Morgan fingerprint density at radius 2 is 2.10 bits per heavy atom. The third kappa shape index (κ3) is 3.80. The first-order chi connectivity index (χ1) is 9.33. The molecular weight excluding hydrogens is 275 g/mol. The van der Waals surface area contributed by atoms with E-state index in [4.69, 9.17) is 5.73 Å². The molecule has 10 heteroatoms. The van der Waals surface area contributed by atoms with Gasteiger partial charge in [0.2, 0.25) is 17.8 Å². The first kappa shape index (κ1) is 14.0. The fourth-order valence-corrected chi connectivity index (χ4v) is 1.56. The Morgan fingerprint density at radius 1 is 1.35 bits per heavy atom. The standard InChI is InChI=1S/C10H12F3N7/c1-6(4-10(11,12)13)16-8-17-7(14)18-9(19-8)20-3-2-15-5-20/h2-3,5-6H,4H2,1H3,(H3,14,16,17,18,19). The number of nitrogens with two attached hydrogens (primary N) is 1. The molecule has 0 saturated carbocycles. The van der Waals surface area contributed by atoms with E-state index >= 15 is 0 Å². The lowest BCUT2D eigenvalue weighted by atomic mass is 10.2. The summed E-state index contributed by atoms with van der Waals surface area (Å²) in [6.45, 7) is 1.38. The van der Waals surface area contributed by atoms with Gasteiger partial charge in [-0.15, -0.1) is 0 Å². The van der Waals surface area contributed by atoms with Crippen LogP contribution in [0.25, 0.3) is 5.95 Å². The summed E-state index contributed by atoms with van der Waals surface area (Å²) in [6.07, 6.45) is -0.730. The highest BCUT2D eigenvalue weighted by Crippen LogP contribution is 2.22. The predicted molar refractivity (Wildman–Crippen MR) is 65.1 cm³/mol. The molecule has 2 aromatic heterocycles. The predicted octanol–water partition coefficient (Wildman–Crippen LogP) is 1.39. The highest BCUT2D eigenvalue weighted by Gasteiger charge is 2.30. The van der Waals surface area contributed by atoms with E-state index in [1.165, 1.54) is 24.0 Å². The third-order valence-electron chi connectivity index (χ3n) is 2.29. The van der Waals surface area contributed by atoms with E-state index in [0.717, 1.165) is 0 Å². The Hall–Kier alpha value is -2.39. The van der Waals surface area contributed by atoms with E-state index in [9.17, 15) is 13.2 Å². The van der Waals surface area contributed by atoms with Gasteiger partial charge in [0, 0.05) is 18.4 Å². The second kappa shape index (κ2) is 5.31. The van der Waals surface area contributed by atoms with Crippen molar-refractivity contribution in [2.75, 3.05) is 11.1 Å². The summed E-state index contributed by atoms with van der Waals surface area (Å²) < 4.78 is 38.3. The topological polar surface area (TPSA) is 94.5 Å². The van der Waals surface area contributed by atoms with Crippen molar-refractivity contribution in [3.05, 3.63) is 18.7 Å². The molecule has 0 aliphatic carbocycles. The molecule has 20 heavy (non-hydrogen) atoms. The maximum atomic E-state index is 12.3. The number of anilines is 2. The minimum absolute atomic E-state index is 0.0158. The van der Waals surface area contributed by atoms with E-state index in [2.05, 4.69) is 25.3 Å². The zero-order valence-corrected chi connectivity index (χ0v) is 10.5. The van der Waals surface area contributed by atoms with Crippen LogP contribution >= 0.6 is 0 Å². The molecule has 108 valence electrons. The lowest BCUT2D eigenvalue weighted by molar-refractivity contribution is -0.136. The lowest BCUT2D eigenvalue weighted by Gasteiger charge is -2.16. The Balaban J connectivity index is 2.16. The molecule has 7 nitrogen and oxygen atoms in total. The Kier molecular flexibility index (Phi) is 3.72. The largest absolute Gasteiger partial charge is 0.391 e. The van der Waals surface area contributed by atoms with Crippen molar-refractivity contribution >= 4 is 11.9 Å². The van der Waals surface area contributed by atoms with E-state index in [-0.39, 0.29) is 17.8 Å². The van der Waals surface area contributed by atoms with Gasteiger partial charge in [0.25, 0.3) is 0 Å². The smallest absolute Gasteiger partial charge is 0.368 e. The first-order valence-corrected chi connectivity index (χ1v) is 5.66. The SMILES string of the molecule is CC(CC(F)(F)F)Nc1nc(N)nc(-n2ccnc2)n1. The molecule has 0 amide bonds. The van der Waals surface area contributed by atoms with Gasteiger partial charge in [0.15, 0.2) is 0 Å². The van der Waals surface area contributed by atoms with E-state index in [1.54, 1.807) is 6.20 Å². The molecule has 0 aromatic carbocycles. The molecule has 0 fully saturated rings. The molecule has 1 unspecified atom stereocenters. The Bertz CT molecular complexity index is 567. The van der Waals surface area contributed by atoms with Gasteiger partial charge in [-0.3, -0.25) is 4.57 Å². The summed E-state index contributed by atoms with van der Waals surface area (Å²) in [6, 6.07) is -0.882. The molecule has 2 heterocycles. The van der Waals surface area contributed by atoms with Gasteiger partial charge in [-0.1, -0.05) is 0 Å². The maximum Gasteiger partial charge on any atom is 0.391 e. The van der Waals surface area contributed by atoms with Gasteiger partial charge in [-0.25, -0.2) is 4.98 Å².